The molecule has 0 saturated carbocycles. The summed E-state index contributed by atoms with van der Waals surface area (Å²) in [7, 11) is 3.33. The van der Waals surface area contributed by atoms with Gasteiger partial charge in [0.2, 0.25) is 0 Å². The molecule has 0 amide bonds. The van der Waals surface area contributed by atoms with Gasteiger partial charge in [-0.3, -0.25) is 4.79 Å². The van der Waals surface area contributed by atoms with Crippen LogP contribution in [0.15, 0.2) is 23.0 Å². The second-order valence-electron chi connectivity index (χ2n) is 8.94. The second-order valence-corrected chi connectivity index (χ2v) is 8.94. The number of ether oxygens (including phenoxy) is 2. The van der Waals surface area contributed by atoms with Crippen molar-refractivity contribution in [2.24, 2.45) is 13.0 Å². The van der Waals surface area contributed by atoms with E-state index in [4.69, 9.17) is 14.6 Å². The molecule has 0 bridgehead atoms. The summed E-state index contributed by atoms with van der Waals surface area (Å²) in [5, 5.41) is 10.1. The summed E-state index contributed by atoms with van der Waals surface area (Å²) in [6, 6.07) is 4.89. The molecule has 0 aromatic carbocycles. The minimum atomic E-state index is -0.479. The van der Waals surface area contributed by atoms with Crippen molar-refractivity contribution in [3.05, 3.63) is 39.9 Å². The first-order chi connectivity index (χ1) is 16.3. The van der Waals surface area contributed by atoms with Gasteiger partial charge in [-0.05, 0) is 43.7 Å². The maximum atomic E-state index is 12.7. The molecule has 10 heteroatoms. The van der Waals surface area contributed by atoms with Crippen LogP contribution in [0.2, 0.25) is 0 Å². The van der Waals surface area contributed by atoms with E-state index in [1.807, 2.05) is 6.07 Å². The van der Waals surface area contributed by atoms with Crippen LogP contribution in [0.3, 0.4) is 0 Å². The average Bonchev–Trinajstić information content (AvgIpc) is 3.21. The van der Waals surface area contributed by atoms with Gasteiger partial charge in [-0.15, -0.1) is 5.10 Å². The number of fused-ring (bicyclic) bond motifs is 1. The third-order valence-electron chi connectivity index (χ3n) is 6.20. The lowest BCUT2D eigenvalue weighted by Gasteiger charge is -2.34. The van der Waals surface area contributed by atoms with Crippen molar-refractivity contribution in [3.8, 4) is 5.82 Å². The van der Waals surface area contributed by atoms with Crippen LogP contribution in [0.1, 0.15) is 55.7 Å². The first-order valence-electron chi connectivity index (χ1n) is 11.7. The van der Waals surface area contributed by atoms with Crippen LogP contribution in [-0.2, 0) is 16.5 Å². The fourth-order valence-electron chi connectivity index (χ4n) is 4.42. The van der Waals surface area contributed by atoms with Gasteiger partial charge in [-0.25, -0.2) is 14.5 Å². The van der Waals surface area contributed by atoms with Crippen LogP contribution in [0.25, 0.3) is 16.9 Å². The van der Waals surface area contributed by atoms with E-state index in [0.717, 1.165) is 49.3 Å². The molecule has 0 aliphatic carbocycles. The molecule has 0 atom stereocenters. The third kappa shape index (κ3) is 4.54. The Balaban J connectivity index is 1.92. The summed E-state index contributed by atoms with van der Waals surface area (Å²) >= 11 is 0. The van der Waals surface area contributed by atoms with E-state index in [-0.39, 0.29) is 23.8 Å². The van der Waals surface area contributed by atoms with E-state index < -0.39 is 5.97 Å². The highest BCUT2D eigenvalue weighted by molar-refractivity contribution is 5.99. The number of anilines is 1. The molecule has 1 aliphatic rings. The molecule has 0 radical (unpaired) electrons. The third-order valence-corrected chi connectivity index (χ3v) is 6.20. The number of rotatable bonds is 7. The molecule has 0 N–H and O–H groups in total. The van der Waals surface area contributed by atoms with Gasteiger partial charge in [0.1, 0.15) is 0 Å². The molecule has 10 nitrogen and oxygen atoms in total. The number of aromatic nitrogens is 5. The molecule has 1 saturated heterocycles. The van der Waals surface area contributed by atoms with Crippen LogP contribution in [0, 0.1) is 5.92 Å². The van der Waals surface area contributed by atoms with Crippen LogP contribution in [-0.4, -0.2) is 63.9 Å². The number of piperidine rings is 1. The van der Waals surface area contributed by atoms with E-state index in [0.29, 0.717) is 17.4 Å². The first-order valence-corrected chi connectivity index (χ1v) is 11.7. The Morgan fingerprint density at radius 3 is 2.56 bits per heavy atom. The molecule has 4 rings (SSSR count). The van der Waals surface area contributed by atoms with Gasteiger partial charge >= 0.3 is 5.97 Å². The number of hydrogen-bond acceptors (Lipinski definition) is 8. The fraction of sp³-hybridized carbons (Fsp3) is 0.542. The van der Waals surface area contributed by atoms with Gasteiger partial charge < -0.3 is 14.4 Å². The summed E-state index contributed by atoms with van der Waals surface area (Å²) in [4.78, 5) is 31.6. The van der Waals surface area contributed by atoms with Crippen LogP contribution in [0.5, 0.6) is 0 Å². The number of aryl methyl sites for hydroxylation is 1. The summed E-state index contributed by atoms with van der Waals surface area (Å²) < 4.78 is 13.5. The molecule has 1 fully saturated rings. The molecule has 34 heavy (non-hydrogen) atoms. The zero-order chi connectivity index (χ0) is 24.4. The normalized spacial score (nSPS) is 14.8. The summed E-state index contributed by atoms with van der Waals surface area (Å²) in [6.45, 7) is 8.62. The summed E-state index contributed by atoms with van der Waals surface area (Å²) in [5.41, 5.74) is 2.31. The van der Waals surface area contributed by atoms with Gasteiger partial charge in [0.25, 0.3) is 5.56 Å². The van der Waals surface area contributed by atoms with E-state index in [1.54, 1.807) is 31.8 Å². The molecule has 0 unspecified atom stereocenters. The molecule has 3 aromatic heterocycles. The zero-order valence-electron chi connectivity index (χ0n) is 20.4. The van der Waals surface area contributed by atoms with Crippen molar-refractivity contribution in [1.29, 1.82) is 0 Å². The maximum absolute atomic E-state index is 12.7. The van der Waals surface area contributed by atoms with Gasteiger partial charge in [0.05, 0.1) is 23.4 Å². The SMILES string of the molecule is CCOC(=O)c1cc(N2CCC(COC)CC2)c2c(C(C)C)nn(-c3ccc(=O)n(C)n3)c2n1. The lowest BCUT2D eigenvalue weighted by Crippen LogP contribution is -2.35. The molecular formula is C24H32N6O4. The van der Waals surface area contributed by atoms with Crippen molar-refractivity contribution in [1.82, 2.24) is 24.5 Å². The highest BCUT2D eigenvalue weighted by atomic mass is 16.5. The highest BCUT2D eigenvalue weighted by Gasteiger charge is 2.28. The van der Waals surface area contributed by atoms with E-state index in [1.165, 1.54) is 10.7 Å². The number of nitrogens with zero attached hydrogens (tertiary/aromatic N) is 6. The maximum Gasteiger partial charge on any atom is 0.357 e. The van der Waals surface area contributed by atoms with Crippen molar-refractivity contribution >= 4 is 22.7 Å². The van der Waals surface area contributed by atoms with Crippen LogP contribution in [0.4, 0.5) is 5.69 Å². The van der Waals surface area contributed by atoms with Crippen molar-refractivity contribution < 1.29 is 14.3 Å². The van der Waals surface area contributed by atoms with Crippen LogP contribution < -0.4 is 10.5 Å². The fourth-order valence-corrected chi connectivity index (χ4v) is 4.42. The lowest BCUT2D eigenvalue weighted by atomic mass is 9.96. The predicted molar refractivity (Wildman–Crippen MR) is 129 cm³/mol. The second kappa shape index (κ2) is 9.92. The summed E-state index contributed by atoms with van der Waals surface area (Å²) in [6.07, 6.45) is 2.00. The van der Waals surface area contributed by atoms with Crippen molar-refractivity contribution in [2.75, 3.05) is 38.3 Å². The number of esters is 1. The number of methoxy groups -OCH3 is 1. The van der Waals surface area contributed by atoms with E-state index in [9.17, 15) is 9.59 Å². The van der Waals surface area contributed by atoms with Crippen molar-refractivity contribution in [2.45, 2.75) is 39.5 Å². The number of pyridine rings is 1. The Morgan fingerprint density at radius 1 is 1.21 bits per heavy atom. The van der Waals surface area contributed by atoms with E-state index in [2.05, 4.69) is 28.8 Å². The highest BCUT2D eigenvalue weighted by Crippen LogP contribution is 2.36. The predicted octanol–water partition coefficient (Wildman–Crippen LogP) is 2.68. The summed E-state index contributed by atoms with van der Waals surface area (Å²) in [5.74, 6) is 0.603. The minimum absolute atomic E-state index is 0.108. The molecule has 1 aliphatic heterocycles. The molecule has 0 spiro atoms. The Hall–Kier alpha value is -3.27. The lowest BCUT2D eigenvalue weighted by molar-refractivity contribution is 0.0520. The topological polar surface area (TPSA) is 104 Å². The minimum Gasteiger partial charge on any atom is -0.461 e. The zero-order valence-corrected chi connectivity index (χ0v) is 20.4. The molecule has 182 valence electrons. The number of carbonyl (C=O) groups is 1. The number of carbonyl (C=O) groups excluding carboxylic acids is 1. The monoisotopic (exact) mass is 468 g/mol. The molecular weight excluding hydrogens is 436 g/mol. The largest absolute Gasteiger partial charge is 0.461 e. The Bertz CT molecular complexity index is 1240. The Kier molecular flexibility index (Phi) is 6.97. The van der Waals surface area contributed by atoms with Crippen molar-refractivity contribution in [3.63, 3.8) is 0 Å². The standard InChI is InChI=1S/C24H32N6O4/c1-6-34-24(32)17-13-18(29-11-9-16(10-12-29)14-33-5)21-22(15(2)3)27-30(23(21)25-17)19-7-8-20(31)28(4)26-19/h7-8,13,15-16H,6,9-12,14H2,1-5H3. The quantitative estimate of drug-likeness (QED) is 0.488. The first kappa shape index (κ1) is 23.9. The number of hydrogen-bond donors (Lipinski definition) is 0. The molecule has 3 aromatic rings. The van der Waals surface area contributed by atoms with Gasteiger partial charge in [0, 0.05) is 39.9 Å². The molecule has 4 heterocycles. The smallest absolute Gasteiger partial charge is 0.357 e. The van der Waals surface area contributed by atoms with Gasteiger partial charge in [0.15, 0.2) is 17.2 Å². The van der Waals surface area contributed by atoms with Crippen LogP contribution >= 0.6 is 0 Å². The Labute approximate surface area is 198 Å². The van der Waals surface area contributed by atoms with Gasteiger partial charge in [-0.1, -0.05) is 13.8 Å². The average molecular weight is 469 g/mol. The van der Waals surface area contributed by atoms with E-state index >= 15 is 0 Å². The Morgan fingerprint density at radius 2 is 1.94 bits per heavy atom. The van der Waals surface area contributed by atoms with Gasteiger partial charge in [-0.2, -0.15) is 9.78 Å².